The molecular formula is C21H22ClF3N2O4S. The topological polar surface area (TPSA) is 75.7 Å². The SMILES string of the molecule is CC(NC(=O)C1CCN(S(=O)(=O)c2cccc(OC(F)(F)F)c2)CC1)c1ccc(Cl)cc1. The van der Waals surface area contributed by atoms with Gasteiger partial charge in [-0.3, -0.25) is 4.79 Å². The second-order valence-electron chi connectivity index (χ2n) is 7.48. The molecule has 3 rings (SSSR count). The van der Waals surface area contributed by atoms with Crippen molar-refractivity contribution in [3.05, 3.63) is 59.1 Å². The molecule has 1 saturated heterocycles. The van der Waals surface area contributed by atoms with Gasteiger partial charge in [-0.15, -0.1) is 13.2 Å². The van der Waals surface area contributed by atoms with Crippen LogP contribution in [0.5, 0.6) is 5.75 Å². The summed E-state index contributed by atoms with van der Waals surface area (Å²) in [7, 11) is -4.02. The molecule has 6 nitrogen and oxygen atoms in total. The van der Waals surface area contributed by atoms with Crippen LogP contribution in [0.4, 0.5) is 13.2 Å². The van der Waals surface area contributed by atoms with Gasteiger partial charge in [-0.2, -0.15) is 4.31 Å². The molecule has 1 N–H and O–H groups in total. The fourth-order valence-corrected chi connectivity index (χ4v) is 5.14. The molecule has 0 aliphatic carbocycles. The zero-order valence-electron chi connectivity index (χ0n) is 17.1. The van der Waals surface area contributed by atoms with Gasteiger partial charge in [0.25, 0.3) is 0 Å². The average Bonchev–Trinajstić information content (AvgIpc) is 2.73. The molecule has 0 bridgehead atoms. The first kappa shape index (κ1) is 24.3. The number of rotatable bonds is 6. The summed E-state index contributed by atoms with van der Waals surface area (Å²) in [5, 5.41) is 3.52. The molecule has 174 valence electrons. The van der Waals surface area contributed by atoms with Crippen molar-refractivity contribution in [1.82, 2.24) is 9.62 Å². The molecule has 11 heteroatoms. The first-order valence-electron chi connectivity index (χ1n) is 9.87. The quantitative estimate of drug-likeness (QED) is 0.646. The lowest BCUT2D eigenvalue weighted by Gasteiger charge is -2.31. The van der Waals surface area contributed by atoms with E-state index in [-0.39, 0.29) is 35.9 Å². The molecule has 1 aliphatic rings. The summed E-state index contributed by atoms with van der Waals surface area (Å²) in [6.07, 6.45) is -4.31. The summed E-state index contributed by atoms with van der Waals surface area (Å²) in [4.78, 5) is 12.3. The Bertz CT molecular complexity index is 1050. The van der Waals surface area contributed by atoms with E-state index in [9.17, 15) is 26.4 Å². The number of hydrogen-bond acceptors (Lipinski definition) is 4. The maximum absolute atomic E-state index is 12.8. The van der Waals surface area contributed by atoms with E-state index in [4.69, 9.17) is 11.6 Å². The van der Waals surface area contributed by atoms with Gasteiger partial charge in [-0.1, -0.05) is 29.8 Å². The van der Waals surface area contributed by atoms with Crippen molar-refractivity contribution in [2.24, 2.45) is 5.92 Å². The van der Waals surface area contributed by atoms with Crippen LogP contribution >= 0.6 is 11.6 Å². The predicted molar refractivity (Wildman–Crippen MR) is 113 cm³/mol. The number of sulfonamides is 1. The number of hydrogen-bond donors (Lipinski definition) is 1. The van der Waals surface area contributed by atoms with Crippen molar-refractivity contribution >= 4 is 27.5 Å². The number of piperidine rings is 1. The maximum Gasteiger partial charge on any atom is 0.573 e. The minimum Gasteiger partial charge on any atom is -0.406 e. The van der Waals surface area contributed by atoms with E-state index < -0.39 is 22.1 Å². The predicted octanol–water partition coefficient (Wildman–Crippen LogP) is 4.52. The summed E-state index contributed by atoms with van der Waals surface area (Å²) >= 11 is 5.88. The third-order valence-electron chi connectivity index (χ3n) is 5.23. The summed E-state index contributed by atoms with van der Waals surface area (Å²) in [5.41, 5.74) is 0.892. The molecule has 2 aromatic carbocycles. The molecule has 0 radical (unpaired) electrons. The third-order valence-corrected chi connectivity index (χ3v) is 7.38. The standard InChI is InChI=1S/C21H22ClF3N2O4S/c1-14(15-5-7-17(22)8-6-15)26-20(28)16-9-11-27(12-10-16)32(29,30)19-4-2-3-18(13-19)31-21(23,24)25/h2-8,13-14,16H,9-12H2,1H3,(H,26,28). The monoisotopic (exact) mass is 490 g/mol. The van der Waals surface area contributed by atoms with E-state index in [0.717, 1.165) is 17.7 Å². The average molecular weight is 491 g/mol. The first-order valence-corrected chi connectivity index (χ1v) is 11.7. The van der Waals surface area contributed by atoms with Crippen LogP contribution in [0.2, 0.25) is 5.02 Å². The Morgan fingerprint density at radius 1 is 1.16 bits per heavy atom. The van der Waals surface area contributed by atoms with Crippen LogP contribution in [0.1, 0.15) is 31.4 Å². The van der Waals surface area contributed by atoms with Crippen LogP contribution in [0.15, 0.2) is 53.4 Å². The van der Waals surface area contributed by atoms with E-state index >= 15 is 0 Å². The lowest BCUT2D eigenvalue weighted by atomic mass is 9.96. The largest absolute Gasteiger partial charge is 0.573 e. The molecule has 0 spiro atoms. The summed E-state index contributed by atoms with van der Waals surface area (Å²) in [6, 6.07) is 11.1. The number of ether oxygens (including phenoxy) is 1. The minimum atomic E-state index is -4.92. The van der Waals surface area contributed by atoms with Gasteiger partial charge in [0.1, 0.15) is 5.75 Å². The number of benzene rings is 2. The summed E-state index contributed by atoms with van der Waals surface area (Å²) < 4.78 is 68.0. The Labute approximate surface area is 189 Å². The molecule has 2 aromatic rings. The highest BCUT2D eigenvalue weighted by molar-refractivity contribution is 7.89. The second kappa shape index (κ2) is 9.68. The van der Waals surface area contributed by atoms with Crippen LogP contribution in [0.3, 0.4) is 0 Å². The van der Waals surface area contributed by atoms with Gasteiger partial charge in [0, 0.05) is 30.1 Å². The number of alkyl halides is 3. The Morgan fingerprint density at radius 3 is 2.38 bits per heavy atom. The molecule has 0 saturated carbocycles. The van der Waals surface area contributed by atoms with E-state index in [2.05, 4.69) is 10.1 Å². The van der Waals surface area contributed by atoms with Crippen LogP contribution in [-0.2, 0) is 14.8 Å². The van der Waals surface area contributed by atoms with Gasteiger partial charge >= 0.3 is 6.36 Å². The van der Waals surface area contributed by atoms with Gasteiger partial charge in [0.2, 0.25) is 15.9 Å². The van der Waals surface area contributed by atoms with Gasteiger partial charge in [0.05, 0.1) is 10.9 Å². The van der Waals surface area contributed by atoms with E-state index in [1.807, 2.05) is 19.1 Å². The second-order valence-corrected chi connectivity index (χ2v) is 9.86. The first-order chi connectivity index (χ1) is 15.0. The number of amides is 1. The molecule has 32 heavy (non-hydrogen) atoms. The Morgan fingerprint density at radius 2 is 1.78 bits per heavy atom. The van der Waals surface area contributed by atoms with Crippen molar-refractivity contribution in [3.63, 3.8) is 0 Å². The smallest absolute Gasteiger partial charge is 0.406 e. The Kier molecular flexibility index (Phi) is 7.36. The zero-order valence-corrected chi connectivity index (χ0v) is 18.7. The molecule has 1 heterocycles. The molecule has 1 unspecified atom stereocenters. The highest BCUT2D eigenvalue weighted by atomic mass is 35.5. The van der Waals surface area contributed by atoms with E-state index in [1.54, 1.807) is 12.1 Å². The number of carbonyl (C=O) groups is 1. The zero-order chi connectivity index (χ0) is 23.5. The van der Waals surface area contributed by atoms with Gasteiger partial charge in [-0.05, 0) is 49.6 Å². The van der Waals surface area contributed by atoms with Crippen LogP contribution in [0.25, 0.3) is 0 Å². The third kappa shape index (κ3) is 6.14. The van der Waals surface area contributed by atoms with Crippen molar-refractivity contribution < 1.29 is 31.1 Å². The molecular weight excluding hydrogens is 469 g/mol. The summed E-state index contributed by atoms with van der Waals surface area (Å²) in [6.45, 7) is 2.01. The van der Waals surface area contributed by atoms with Crippen LogP contribution in [-0.4, -0.2) is 38.1 Å². The molecule has 1 fully saturated rings. The maximum atomic E-state index is 12.8. The highest BCUT2D eigenvalue weighted by Gasteiger charge is 2.34. The fraction of sp³-hybridized carbons (Fsp3) is 0.381. The van der Waals surface area contributed by atoms with E-state index in [1.165, 1.54) is 16.4 Å². The van der Waals surface area contributed by atoms with Gasteiger partial charge < -0.3 is 10.1 Å². The Hall–Kier alpha value is -2.30. The molecule has 1 aliphatic heterocycles. The lowest BCUT2D eigenvalue weighted by molar-refractivity contribution is -0.274. The highest BCUT2D eigenvalue weighted by Crippen LogP contribution is 2.29. The van der Waals surface area contributed by atoms with Crippen molar-refractivity contribution in [2.45, 2.75) is 37.1 Å². The van der Waals surface area contributed by atoms with Crippen molar-refractivity contribution in [2.75, 3.05) is 13.1 Å². The number of nitrogens with zero attached hydrogens (tertiary/aromatic N) is 1. The van der Waals surface area contributed by atoms with Gasteiger partial charge in [0.15, 0.2) is 0 Å². The van der Waals surface area contributed by atoms with Crippen LogP contribution < -0.4 is 10.1 Å². The minimum absolute atomic E-state index is 0.0834. The molecule has 1 amide bonds. The molecule has 1 atom stereocenters. The Balaban J connectivity index is 1.60. The fourth-order valence-electron chi connectivity index (χ4n) is 3.51. The summed E-state index contributed by atoms with van der Waals surface area (Å²) in [5.74, 6) is -1.15. The number of carbonyl (C=O) groups excluding carboxylic acids is 1. The van der Waals surface area contributed by atoms with Crippen molar-refractivity contribution in [1.29, 1.82) is 0 Å². The lowest BCUT2D eigenvalue weighted by Crippen LogP contribution is -2.43. The van der Waals surface area contributed by atoms with Crippen molar-refractivity contribution in [3.8, 4) is 5.75 Å². The van der Waals surface area contributed by atoms with E-state index in [0.29, 0.717) is 17.9 Å². The van der Waals surface area contributed by atoms with Gasteiger partial charge in [-0.25, -0.2) is 8.42 Å². The van der Waals surface area contributed by atoms with Crippen LogP contribution in [0, 0.1) is 5.92 Å². The number of halogens is 4. The number of nitrogens with one attached hydrogen (secondary N) is 1. The normalized spacial score (nSPS) is 17.0. The molecule has 0 aromatic heterocycles.